The van der Waals surface area contributed by atoms with Gasteiger partial charge in [0.15, 0.2) is 5.78 Å². The van der Waals surface area contributed by atoms with Crippen molar-refractivity contribution in [2.45, 2.75) is 13.3 Å². The molecule has 0 saturated heterocycles. The van der Waals surface area contributed by atoms with E-state index in [1.54, 1.807) is 19.1 Å². The topological polar surface area (TPSA) is 61.1 Å². The summed E-state index contributed by atoms with van der Waals surface area (Å²) >= 11 is 2.16. The summed E-state index contributed by atoms with van der Waals surface area (Å²) in [5.41, 5.74) is -0.407. The number of nitriles is 1. The predicted molar refractivity (Wildman–Crippen MR) is 68.9 cm³/mol. The largest absolute Gasteiger partial charge is 0.395 e. The number of carbonyl (C=O) groups excluding carboxylic acids is 1. The molecule has 0 aromatic heterocycles. The van der Waals surface area contributed by atoms with Gasteiger partial charge >= 0.3 is 0 Å². The van der Waals surface area contributed by atoms with Gasteiger partial charge in [-0.05, 0) is 41.6 Å². The summed E-state index contributed by atoms with van der Waals surface area (Å²) in [6, 6.07) is 9.13. The minimum Gasteiger partial charge on any atom is -0.395 e. The molecule has 0 aliphatic rings. The van der Waals surface area contributed by atoms with Gasteiger partial charge in [0.1, 0.15) is 0 Å². The number of aliphatic hydroxyl groups excluding tert-OH is 1. The molecule has 1 rings (SSSR count). The van der Waals surface area contributed by atoms with Gasteiger partial charge in [-0.15, -0.1) is 0 Å². The number of nitrogens with zero attached hydrogens (tertiary/aromatic N) is 1. The Hall–Kier alpha value is -0.930. The van der Waals surface area contributed by atoms with Crippen LogP contribution >= 0.6 is 22.6 Å². The lowest BCUT2D eigenvalue weighted by molar-refractivity contribution is 0.0901. The smallest absolute Gasteiger partial charge is 0.164 e. The summed E-state index contributed by atoms with van der Waals surface area (Å²) in [5.74, 6) is -0.116. The SMILES string of the molecule is CC(C#N)(CO)CC(=O)c1ccc(I)cc1. The lowest BCUT2D eigenvalue weighted by Crippen LogP contribution is -2.23. The van der Waals surface area contributed by atoms with E-state index in [1.807, 2.05) is 18.2 Å². The van der Waals surface area contributed by atoms with Crippen molar-refractivity contribution < 1.29 is 9.90 Å². The molecule has 3 nitrogen and oxygen atoms in total. The number of aliphatic hydroxyl groups is 1. The van der Waals surface area contributed by atoms with Gasteiger partial charge in [0.2, 0.25) is 0 Å². The summed E-state index contributed by atoms with van der Waals surface area (Å²) < 4.78 is 1.05. The van der Waals surface area contributed by atoms with E-state index in [-0.39, 0.29) is 18.8 Å². The van der Waals surface area contributed by atoms with Crippen molar-refractivity contribution in [3.63, 3.8) is 0 Å². The van der Waals surface area contributed by atoms with E-state index in [2.05, 4.69) is 22.6 Å². The van der Waals surface area contributed by atoms with Crippen LogP contribution in [0.1, 0.15) is 23.7 Å². The van der Waals surface area contributed by atoms with Crippen LogP contribution in [0.4, 0.5) is 0 Å². The fraction of sp³-hybridized carbons (Fsp3) is 0.333. The highest BCUT2D eigenvalue weighted by atomic mass is 127. The molecule has 0 radical (unpaired) electrons. The van der Waals surface area contributed by atoms with Crippen LogP contribution in [0, 0.1) is 20.3 Å². The van der Waals surface area contributed by atoms with Crippen molar-refractivity contribution in [3.05, 3.63) is 33.4 Å². The molecule has 1 unspecified atom stereocenters. The first kappa shape index (κ1) is 13.1. The van der Waals surface area contributed by atoms with Crippen LogP contribution in [0.5, 0.6) is 0 Å². The highest BCUT2D eigenvalue weighted by Crippen LogP contribution is 2.22. The summed E-state index contributed by atoms with van der Waals surface area (Å²) in [4.78, 5) is 11.8. The summed E-state index contributed by atoms with van der Waals surface area (Å²) in [6.07, 6.45) is 0.0423. The van der Waals surface area contributed by atoms with Crippen molar-refractivity contribution in [2.24, 2.45) is 5.41 Å². The highest BCUT2D eigenvalue weighted by Gasteiger charge is 2.26. The van der Waals surface area contributed by atoms with E-state index in [9.17, 15) is 4.79 Å². The first-order valence-corrected chi connectivity index (χ1v) is 5.89. The third-order valence-electron chi connectivity index (χ3n) is 2.34. The average Bonchev–Trinajstić information content (AvgIpc) is 2.29. The molecule has 1 aromatic carbocycles. The maximum absolute atomic E-state index is 11.8. The Labute approximate surface area is 108 Å². The van der Waals surface area contributed by atoms with Crippen molar-refractivity contribution in [2.75, 3.05) is 6.61 Å². The molecule has 84 valence electrons. The molecule has 0 amide bonds. The van der Waals surface area contributed by atoms with Crippen LogP contribution in [0.3, 0.4) is 0 Å². The monoisotopic (exact) mass is 329 g/mol. The zero-order chi connectivity index (χ0) is 12.2. The van der Waals surface area contributed by atoms with E-state index < -0.39 is 5.41 Å². The Morgan fingerprint density at radius 1 is 1.50 bits per heavy atom. The number of halogens is 1. The Bertz CT molecular complexity index is 422. The number of hydrogen-bond donors (Lipinski definition) is 1. The van der Waals surface area contributed by atoms with Gasteiger partial charge in [0.05, 0.1) is 18.1 Å². The van der Waals surface area contributed by atoms with Crippen LogP contribution in [0.2, 0.25) is 0 Å². The van der Waals surface area contributed by atoms with Crippen LogP contribution in [0.15, 0.2) is 24.3 Å². The first-order chi connectivity index (χ1) is 7.50. The molecule has 16 heavy (non-hydrogen) atoms. The fourth-order valence-corrected chi connectivity index (χ4v) is 1.58. The van der Waals surface area contributed by atoms with Crippen molar-refractivity contribution in [3.8, 4) is 6.07 Å². The minimum absolute atomic E-state index is 0.0423. The van der Waals surface area contributed by atoms with Crippen molar-refractivity contribution in [1.29, 1.82) is 5.26 Å². The second kappa shape index (κ2) is 5.41. The number of carbonyl (C=O) groups is 1. The standard InChI is InChI=1S/C12H12INO2/c1-12(7-14,8-15)6-11(16)9-2-4-10(13)5-3-9/h2-5,15H,6,8H2,1H3. The Kier molecular flexibility index (Phi) is 4.44. The van der Waals surface area contributed by atoms with Gasteiger partial charge in [-0.25, -0.2) is 0 Å². The van der Waals surface area contributed by atoms with Gasteiger partial charge in [0.25, 0.3) is 0 Å². The summed E-state index contributed by atoms with van der Waals surface area (Å²) in [7, 11) is 0. The fourth-order valence-electron chi connectivity index (χ4n) is 1.22. The van der Waals surface area contributed by atoms with Gasteiger partial charge in [-0.1, -0.05) is 12.1 Å². The Morgan fingerprint density at radius 2 is 2.06 bits per heavy atom. The molecule has 1 aromatic rings. The van der Waals surface area contributed by atoms with Gasteiger partial charge in [-0.3, -0.25) is 4.79 Å². The van der Waals surface area contributed by atoms with Crippen LogP contribution in [0.25, 0.3) is 0 Å². The van der Waals surface area contributed by atoms with E-state index >= 15 is 0 Å². The zero-order valence-electron chi connectivity index (χ0n) is 8.90. The van der Waals surface area contributed by atoms with Gasteiger partial charge in [0, 0.05) is 15.6 Å². The predicted octanol–water partition coefficient (Wildman–Crippen LogP) is 2.39. The van der Waals surface area contributed by atoms with Crippen molar-refractivity contribution >= 4 is 28.4 Å². The highest BCUT2D eigenvalue weighted by molar-refractivity contribution is 14.1. The van der Waals surface area contributed by atoms with E-state index in [4.69, 9.17) is 10.4 Å². The molecule has 4 heteroatoms. The molecular weight excluding hydrogens is 317 g/mol. The van der Waals surface area contributed by atoms with Crippen LogP contribution in [-0.2, 0) is 0 Å². The zero-order valence-corrected chi connectivity index (χ0v) is 11.1. The second-order valence-corrected chi connectivity index (χ2v) is 5.18. The van der Waals surface area contributed by atoms with E-state index in [0.717, 1.165) is 3.57 Å². The molecule has 0 spiro atoms. The second-order valence-electron chi connectivity index (χ2n) is 3.94. The Balaban J connectivity index is 2.81. The number of hydrogen-bond acceptors (Lipinski definition) is 3. The third-order valence-corrected chi connectivity index (χ3v) is 3.05. The number of ketones is 1. The van der Waals surface area contributed by atoms with Crippen molar-refractivity contribution in [1.82, 2.24) is 0 Å². The molecule has 0 fully saturated rings. The number of rotatable bonds is 4. The van der Waals surface area contributed by atoms with Crippen LogP contribution in [-0.4, -0.2) is 17.5 Å². The molecule has 0 aliphatic heterocycles. The molecule has 0 bridgehead atoms. The maximum Gasteiger partial charge on any atom is 0.164 e. The maximum atomic E-state index is 11.8. The van der Waals surface area contributed by atoms with E-state index in [0.29, 0.717) is 5.56 Å². The molecule has 1 N–H and O–H groups in total. The van der Waals surface area contributed by atoms with Gasteiger partial charge in [-0.2, -0.15) is 5.26 Å². The number of Topliss-reactive ketones (excluding diaryl/α,β-unsaturated/α-hetero) is 1. The third kappa shape index (κ3) is 3.29. The molecular formula is C12H12INO2. The quantitative estimate of drug-likeness (QED) is 0.682. The first-order valence-electron chi connectivity index (χ1n) is 4.81. The molecule has 0 aliphatic carbocycles. The number of benzene rings is 1. The summed E-state index contributed by atoms with van der Waals surface area (Å²) in [5, 5.41) is 17.9. The summed E-state index contributed by atoms with van der Waals surface area (Å²) in [6.45, 7) is 1.28. The average molecular weight is 329 g/mol. The lowest BCUT2D eigenvalue weighted by atomic mass is 9.86. The van der Waals surface area contributed by atoms with Crippen LogP contribution < -0.4 is 0 Å². The Morgan fingerprint density at radius 3 is 2.50 bits per heavy atom. The normalized spacial score (nSPS) is 13.9. The molecule has 1 atom stereocenters. The van der Waals surface area contributed by atoms with E-state index in [1.165, 1.54) is 0 Å². The van der Waals surface area contributed by atoms with Gasteiger partial charge < -0.3 is 5.11 Å². The molecule has 0 heterocycles. The molecule has 0 saturated carbocycles. The lowest BCUT2D eigenvalue weighted by Gasteiger charge is -2.16. The minimum atomic E-state index is -0.986.